The first-order valence-corrected chi connectivity index (χ1v) is 6.23. The highest BCUT2D eigenvalue weighted by molar-refractivity contribution is 4.70. The standard InChI is InChI=1S/C12H25NO2/c1-14-9-5-10-15-11-7-12-6-3-2-4-8-13-12/h12-13H,2-11H2,1H3. The lowest BCUT2D eigenvalue weighted by Crippen LogP contribution is -2.29. The fourth-order valence-electron chi connectivity index (χ4n) is 1.98. The highest BCUT2D eigenvalue weighted by atomic mass is 16.5. The van der Waals surface area contributed by atoms with Gasteiger partial charge in [0.25, 0.3) is 0 Å². The summed E-state index contributed by atoms with van der Waals surface area (Å²) in [6, 6.07) is 0.690. The molecular weight excluding hydrogens is 190 g/mol. The van der Waals surface area contributed by atoms with E-state index in [0.29, 0.717) is 6.04 Å². The van der Waals surface area contributed by atoms with E-state index in [9.17, 15) is 0 Å². The van der Waals surface area contributed by atoms with E-state index in [2.05, 4.69) is 5.32 Å². The zero-order chi connectivity index (χ0) is 10.8. The molecule has 1 saturated heterocycles. The lowest BCUT2D eigenvalue weighted by Gasteiger charge is -2.15. The Bertz CT molecular complexity index is 134. The molecular formula is C12H25NO2. The van der Waals surface area contributed by atoms with E-state index in [4.69, 9.17) is 9.47 Å². The number of methoxy groups -OCH3 is 1. The van der Waals surface area contributed by atoms with Crippen molar-refractivity contribution in [1.29, 1.82) is 0 Å². The molecule has 0 aliphatic carbocycles. The van der Waals surface area contributed by atoms with Gasteiger partial charge in [-0.15, -0.1) is 0 Å². The molecule has 1 aliphatic heterocycles. The summed E-state index contributed by atoms with van der Waals surface area (Å²) in [5.41, 5.74) is 0. The molecule has 0 aromatic heterocycles. The lowest BCUT2D eigenvalue weighted by molar-refractivity contribution is 0.0962. The Balaban J connectivity index is 1.89. The summed E-state index contributed by atoms with van der Waals surface area (Å²) in [5, 5.41) is 3.58. The van der Waals surface area contributed by atoms with Crippen LogP contribution in [0.4, 0.5) is 0 Å². The average molecular weight is 215 g/mol. The largest absolute Gasteiger partial charge is 0.385 e. The Morgan fingerprint density at radius 2 is 2.07 bits per heavy atom. The second-order valence-electron chi connectivity index (χ2n) is 4.25. The van der Waals surface area contributed by atoms with Crippen molar-refractivity contribution in [2.45, 2.75) is 44.6 Å². The van der Waals surface area contributed by atoms with Crippen LogP contribution in [-0.2, 0) is 9.47 Å². The fraction of sp³-hybridized carbons (Fsp3) is 1.00. The highest BCUT2D eigenvalue weighted by Crippen LogP contribution is 2.10. The van der Waals surface area contributed by atoms with Gasteiger partial charge in [0.15, 0.2) is 0 Å². The third-order valence-electron chi connectivity index (χ3n) is 2.91. The molecule has 3 heteroatoms. The van der Waals surface area contributed by atoms with Crippen LogP contribution >= 0.6 is 0 Å². The van der Waals surface area contributed by atoms with Crippen LogP contribution in [0.2, 0.25) is 0 Å². The van der Waals surface area contributed by atoms with Crippen molar-refractivity contribution < 1.29 is 9.47 Å². The van der Waals surface area contributed by atoms with Crippen LogP contribution < -0.4 is 5.32 Å². The predicted octanol–water partition coefficient (Wildman–Crippen LogP) is 1.96. The minimum absolute atomic E-state index is 0.690. The van der Waals surface area contributed by atoms with Crippen LogP contribution in [0, 0.1) is 0 Å². The maximum atomic E-state index is 5.56. The van der Waals surface area contributed by atoms with Crippen molar-refractivity contribution in [3.8, 4) is 0 Å². The third-order valence-corrected chi connectivity index (χ3v) is 2.91. The van der Waals surface area contributed by atoms with Crippen molar-refractivity contribution >= 4 is 0 Å². The molecule has 1 heterocycles. The van der Waals surface area contributed by atoms with Crippen LogP contribution in [0.5, 0.6) is 0 Å². The SMILES string of the molecule is COCCCOCCC1CCCCCN1. The lowest BCUT2D eigenvalue weighted by atomic mass is 10.1. The van der Waals surface area contributed by atoms with Crippen molar-refractivity contribution in [1.82, 2.24) is 5.32 Å². The number of rotatable bonds is 7. The van der Waals surface area contributed by atoms with Crippen molar-refractivity contribution in [3.05, 3.63) is 0 Å². The predicted molar refractivity (Wildman–Crippen MR) is 62.2 cm³/mol. The zero-order valence-corrected chi connectivity index (χ0v) is 9.96. The van der Waals surface area contributed by atoms with Crippen LogP contribution in [0.3, 0.4) is 0 Å². The van der Waals surface area contributed by atoms with Crippen LogP contribution in [0.1, 0.15) is 38.5 Å². The van der Waals surface area contributed by atoms with Crippen LogP contribution in [0.15, 0.2) is 0 Å². The highest BCUT2D eigenvalue weighted by Gasteiger charge is 2.10. The third kappa shape index (κ3) is 6.88. The molecule has 1 unspecified atom stereocenters. The second kappa shape index (κ2) is 9.13. The monoisotopic (exact) mass is 215 g/mol. The molecule has 1 N–H and O–H groups in total. The molecule has 0 spiro atoms. The molecule has 1 aliphatic rings. The van der Waals surface area contributed by atoms with E-state index < -0.39 is 0 Å². The molecule has 1 atom stereocenters. The molecule has 15 heavy (non-hydrogen) atoms. The first kappa shape index (κ1) is 12.9. The van der Waals surface area contributed by atoms with E-state index in [1.807, 2.05) is 0 Å². The summed E-state index contributed by atoms with van der Waals surface area (Å²) in [6.45, 7) is 3.72. The molecule has 0 amide bonds. The molecule has 3 nitrogen and oxygen atoms in total. The van der Waals surface area contributed by atoms with Gasteiger partial charge in [0.05, 0.1) is 0 Å². The van der Waals surface area contributed by atoms with Crippen molar-refractivity contribution in [2.24, 2.45) is 0 Å². The first-order chi connectivity index (χ1) is 7.43. The van der Waals surface area contributed by atoms with Gasteiger partial charge in [-0.05, 0) is 32.2 Å². The smallest absolute Gasteiger partial charge is 0.0487 e. The zero-order valence-electron chi connectivity index (χ0n) is 9.96. The number of nitrogens with one attached hydrogen (secondary N) is 1. The van der Waals surface area contributed by atoms with Gasteiger partial charge in [0, 0.05) is 33.0 Å². The van der Waals surface area contributed by atoms with Gasteiger partial charge >= 0.3 is 0 Å². The Labute approximate surface area is 93.5 Å². The number of hydrogen-bond acceptors (Lipinski definition) is 3. The fourth-order valence-corrected chi connectivity index (χ4v) is 1.98. The minimum Gasteiger partial charge on any atom is -0.385 e. The minimum atomic E-state index is 0.690. The number of ether oxygens (including phenoxy) is 2. The Morgan fingerprint density at radius 3 is 2.93 bits per heavy atom. The van der Waals surface area contributed by atoms with Gasteiger partial charge in [-0.25, -0.2) is 0 Å². The summed E-state index contributed by atoms with van der Waals surface area (Å²) in [4.78, 5) is 0. The van der Waals surface area contributed by atoms with Gasteiger partial charge in [-0.2, -0.15) is 0 Å². The van der Waals surface area contributed by atoms with Crippen LogP contribution in [0.25, 0.3) is 0 Å². The van der Waals surface area contributed by atoms with Gasteiger partial charge < -0.3 is 14.8 Å². The number of hydrogen-bond donors (Lipinski definition) is 1. The summed E-state index contributed by atoms with van der Waals surface area (Å²) in [7, 11) is 1.73. The molecule has 0 aromatic carbocycles. The van der Waals surface area contributed by atoms with Crippen molar-refractivity contribution in [2.75, 3.05) is 33.5 Å². The van der Waals surface area contributed by atoms with Crippen molar-refractivity contribution in [3.63, 3.8) is 0 Å². The molecule has 0 aromatic rings. The molecule has 0 bridgehead atoms. The topological polar surface area (TPSA) is 30.5 Å². The van der Waals surface area contributed by atoms with E-state index in [1.165, 1.54) is 32.2 Å². The van der Waals surface area contributed by atoms with Crippen LogP contribution in [-0.4, -0.2) is 39.5 Å². The van der Waals surface area contributed by atoms with Gasteiger partial charge in [0.2, 0.25) is 0 Å². The molecule has 0 saturated carbocycles. The Hall–Kier alpha value is -0.120. The second-order valence-corrected chi connectivity index (χ2v) is 4.25. The first-order valence-electron chi connectivity index (χ1n) is 6.23. The normalized spacial score (nSPS) is 22.6. The molecule has 90 valence electrons. The van der Waals surface area contributed by atoms with E-state index in [0.717, 1.165) is 32.7 Å². The average Bonchev–Trinajstić information content (AvgIpc) is 2.52. The maximum Gasteiger partial charge on any atom is 0.0487 e. The summed E-state index contributed by atoms with van der Waals surface area (Å²) < 4.78 is 10.5. The van der Waals surface area contributed by atoms with Gasteiger partial charge in [-0.1, -0.05) is 12.8 Å². The van der Waals surface area contributed by atoms with E-state index in [1.54, 1.807) is 7.11 Å². The summed E-state index contributed by atoms with van der Waals surface area (Å²) >= 11 is 0. The summed E-state index contributed by atoms with van der Waals surface area (Å²) in [5.74, 6) is 0. The quantitative estimate of drug-likeness (QED) is 0.659. The molecule has 1 rings (SSSR count). The van der Waals surface area contributed by atoms with Gasteiger partial charge in [-0.3, -0.25) is 0 Å². The maximum absolute atomic E-state index is 5.56. The van der Waals surface area contributed by atoms with E-state index in [-0.39, 0.29) is 0 Å². The molecule has 1 fully saturated rings. The van der Waals surface area contributed by atoms with Gasteiger partial charge in [0.1, 0.15) is 0 Å². The summed E-state index contributed by atoms with van der Waals surface area (Å²) in [6.07, 6.45) is 7.59. The molecule has 0 radical (unpaired) electrons. The van der Waals surface area contributed by atoms with E-state index >= 15 is 0 Å². The Kier molecular flexibility index (Phi) is 7.88. The Morgan fingerprint density at radius 1 is 1.13 bits per heavy atom.